The van der Waals surface area contributed by atoms with Gasteiger partial charge in [-0.2, -0.15) is 0 Å². The lowest BCUT2D eigenvalue weighted by molar-refractivity contribution is -0.154. The van der Waals surface area contributed by atoms with Crippen molar-refractivity contribution in [2.45, 2.75) is 51.2 Å². The third-order valence-electron chi connectivity index (χ3n) is 8.58. The van der Waals surface area contributed by atoms with Gasteiger partial charge in [-0.05, 0) is 53.9 Å². The van der Waals surface area contributed by atoms with Crippen LogP contribution in [-0.2, 0) is 43.3 Å². The van der Waals surface area contributed by atoms with Crippen LogP contribution in [0.15, 0.2) is 72.8 Å². The molecule has 1 amide bonds. The molecular weight excluding hydrogens is 537 g/mol. The maximum absolute atomic E-state index is 16.3. The van der Waals surface area contributed by atoms with Crippen molar-refractivity contribution in [2.24, 2.45) is 17.8 Å². The molecule has 1 saturated carbocycles. The van der Waals surface area contributed by atoms with Gasteiger partial charge in [0.2, 0.25) is 5.91 Å². The smallest absolute Gasteiger partial charge is 0.309 e. The quantitative estimate of drug-likeness (QED) is 0.318. The van der Waals surface area contributed by atoms with E-state index < -0.39 is 29.2 Å². The van der Waals surface area contributed by atoms with Crippen LogP contribution >= 0.6 is 0 Å². The van der Waals surface area contributed by atoms with Crippen molar-refractivity contribution in [2.75, 3.05) is 13.2 Å². The molecule has 1 aliphatic heterocycles. The first kappa shape index (κ1) is 29.5. The van der Waals surface area contributed by atoms with Crippen LogP contribution in [0, 0.1) is 23.6 Å². The Morgan fingerprint density at radius 1 is 1.02 bits per heavy atom. The highest BCUT2D eigenvalue weighted by molar-refractivity contribution is 5.80. The Morgan fingerprint density at radius 3 is 2.50 bits per heavy atom. The fourth-order valence-electron chi connectivity index (χ4n) is 6.74. The summed E-state index contributed by atoms with van der Waals surface area (Å²) in [6.45, 7) is 2.30. The third kappa shape index (κ3) is 6.39. The molecule has 5 rings (SSSR count). The maximum atomic E-state index is 16.3. The molecule has 1 spiro atoms. The highest BCUT2D eigenvalue weighted by Crippen LogP contribution is 2.48. The molecule has 42 heavy (non-hydrogen) atoms. The van der Waals surface area contributed by atoms with E-state index in [9.17, 15) is 14.4 Å². The Hall–Kier alpha value is -4.04. The Bertz CT molecular complexity index is 1440. The minimum Gasteiger partial charge on any atom is -0.481 e. The van der Waals surface area contributed by atoms with Crippen molar-refractivity contribution >= 4 is 17.8 Å². The van der Waals surface area contributed by atoms with Gasteiger partial charge in [0.15, 0.2) is 0 Å². The zero-order valence-corrected chi connectivity index (χ0v) is 23.7. The largest absolute Gasteiger partial charge is 0.481 e. The predicted octanol–water partition coefficient (Wildman–Crippen LogP) is 5.34. The second-order valence-electron chi connectivity index (χ2n) is 11.5. The van der Waals surface area contributed by atoms with Crippen LogP contribution in [0.1, 0.15) is 42.9 Å². The molecule has 1 aliphatic carbocycles. The van der Waals surface area contributed by atoms with Gasteiger partial charge in [0.05, 0.1) is 18.1 Å². The predicted molar refractivity (Wildman–Crippen MR) is 155 cm³/mol. The Morgan fingerprint density at radius 2 is 1.74 bits per heavy atom. The number of aliphatic carboxylic acids is 1. The molecule has 0 aromatic heterocycles. The molecule has 3 aromatic rings. The van der Waals surface area contributed by atoms with Crippen molar-refractivity contribution < 1.29 is 33.4 Å². The van der Waals surface area contributed by atoms with Gasteiger partial charge >= 0.3 is 11.9 Å². The van der Waals surface area contributed by atoms with Crippen LogP contribution in [0.3, 0.4) is 0 Å². The van der Waals surface area contributed by atoms with Gasteiger partial charge in [0, 0.05) is 17.9 Å². The molecule has 1 saturated heterocycles. The zero-order valence-electron chi connectivity index (χ0n) is 23.7. The van der Waals surface area contributed by atoms with Gasteiger partial charge in [0.1, 0.15) is 19.0 Å². The average molecular weight is 574 g/mol. The van der Waals surface area contributed by atoms with E-state index in [2.05, 4.69) is 5.32 Å². The minimum atomic E-state index is -0.865. The number of morpholine rings is 1. The normalized spacial score (nSPS) is 23.5. The molecule has 3 unspecified atom stereocenters. The van der Waals surface area contributed by atoms with Crippen LogP contribution in [0.5, 0.6) is 0 Å². The summed E-state index contributed by atoms with van der Waals surface area (Å²) in [5.74, 6) is -3.01. The number of halogens is 1. The first-order chi connectivity index (χ1) is 20.3. The number of carboxylic acids is 1. The van der Waals surface area contributed by atoms with E-state index in [1.165, 1.54) is 0 Å². The van der Waals surface area contributed by atoms with Crippen molar-refractivity contribution in [3.05, 3.63) is 95.3 Å². The Balaban J connectivity index is 1.45. The summed E-state index contributed by atoms with van der Waals surface area (Å²) >= 11 is 0. The highest BCUT2D eigenvalue weighted by Gasteiger charge is 2.57. The third-order valence-corrected chi connectivity index (χ3v) is 8.58. The number of nitrogens with one attached hydrogen (secondary N) is 1. The molecule has 8 heteroatoms. The number of hydrogen-bond donors (Lipinski definition) is 2. The van der Waals surface area contributed by atoms with Gasteiger partial charge in [-0.3, -0.25) is 14.4 Å². The fraction of sp³-hybridized carbons (Fsp3) is 0.382. The first-order valence-electron chi connectivity index (χ1n) is 14.4. The number of hydrogen-bond acceptors (Lipinski definition) is 5. The molecule has 7 nitrogen and oxygen atoms in total. The molecule has 2 aliphatic rings. The van der Waals surface area contributed by atoms with Gasteiger partial charge in [0.25, 0.3) is 0 Å². The number of benzene rings is 3. The lowest BCUT2D eigenvalue weighted by atomic mass is 9.77. The molecule has 2 fully saturated rings. The highest BCUT2D eigenvalue weighted by atomic mass is 19.1. The Labute approximate surface area is 245 Å². The summed E-state index contributed by atoms with van der Waals surface area (Å²) in [6, 6.07) is 22.1. The van der Waals surface area contributed by atoms with Crippen LogP contribution in [0.4, 0.5) is 4.39 Å². The van der Waals surface area contributed by atoms with Crippen molar-refractivity contribution in [1.29, 1.82) is 0 Å². The summed E-state index contributed by atoms with van der Waals surface area (Å²) in [6.07, 6.45) is 1.72. The lowest BCUT2D eigenvalue weighted by Crippen LogP contribution is -2.60. The number of amides is 1. The number of carbonyl (C=O) groups excluding carboxylic acids is 2. The van der Waals surface area contributed by atoms with Gasteiger partial charge < -0.3 is 19.9 Å². The van der Waals surface area contributed by atoms with E-state index in [4.69, 9.17) is 14.6 Å². The molecule has 1 heterocycles. The molecule has 0 bridgehead atoms. The van der Waals surface area contributed by atoms with E-state index in [-0.39, 0.29) is 50.5 Å². The summed E-state index contributed by atoms with van der Waals surface area (Å²) in [5.41, 5.74) is 2.50. The second-order valence-corrected chi connectivity index (χ2v) is 11.5. The topological polar surface area (TPSA) is 102 Å². The summed E-state index contributed by atoms with van der Waals surface area (Å²) in [7, 11) is 0. The van der Waals surface area contributed by atoms with E-state index in [1.54, 1.807) is 18.2 Å². The molecule has 0 radical (unpaired) electrons. The van der Waals surface area contributed by atoms with Crippen molar-refractivity contribution in [3.8, 4) is 11.1 Å². The lowest BCUT2D eigenvalue weighted by Gasteiger charge is -2.40. The van der Waals surface area contributed by atoms with Crippen molar-refractivity contribution in [1.82, 2.24) is 5.32 Å². The van der Waals surface area contributed by atoms with Gasteiger partial charge in [-0.25, -0.2) is 4.39 Å². The van der Waals surface area contributed by atoms with E-state index in [1.807, 2.05) is 61.5 Å². The molecule has 220 valence electrons. The minimum absolute atomic E-state index is 0.0361. The van der Waals surface area contributed by atoms with Crippen LogP contribution in [-0.4, -0.2) is 41.7 Å². The summed E-state index contributed by atoms with van der Waals surface area (Å²) < 4.78 is 27.8. The second kappa shape index (κ2) is 12.9. The van der Waals surface area contributed by atoms with Crippen molar-refractivity contribution in [3.63, 3.8) is 0 Å². The zero-order chi connectivity index (χ0) is 29.7. The van der Waals surface area contributed by atoms with Gasteiger partial charge in [-0.15, -0.1) is 0 Å². The number of carboxylic acid groups (broad SMARTS) is 1. The van der Waals surface area contributed by atoms with E-state index in [0.717, 1.165) is 11.1 Å². The number of rotatable bonds is 10. The summed E-state index contributed by atoms with van der Waals surface area (Å²) in [5, 5.41) is 12.2. The molecular formula is C34H36FNO6. The van der Waals surface area contributed by atoms with Crippen LogP contribution in [0.2, 0.25) is 0 Å². The van der Waals surface area contributed by atoms with Crippen LogP contribution in [0.25, 0.3) is 11.1 Å². The SMILES string of the molecule is C[C@@H]1CC2(COCC(=O)N2)C(Cc2cccc(-c3ccccc3CCCC(=O)O)c2F)C1C(=O)OCc1ccccc1. The number of ether oxygens (including phenoxy) is 2. The first-order valence-corrected chi connectivity index (χ1v) is 14.4. The Kier molecular flexibility index (Phi) is 9.02. The molecule has 2 N–H and O–H groups in total. The number of carbonyl (C=O) groups is 3. The fourth-order valence-corrected chi connectivity index (χ4v) is 6.74. The molecule has 4 atom stereocenters. The molecule has 3 aromatic carbocycles. The average Bonchev–Trinajstić information content (AvgIpc) is 3.22. The maximum Gasteiger partial charge on any atom is 0.309 e. The monoisotopic (exact) mass is 573 g/mol. The van der Waals surface area contributed by atoms with Gasteiger partial charge in [-0.1, -0.05) is 79.7 Å². The van der Waals surface area contributed by atoms with Crippen LogP contribution < -0.4 is 5.32 Å². The van der Waals surface area contributed by atoms with E-state index in [0.29, 0.717) is 36.0 Å². The van der Waals surface area contributed by atoms with E-state index >= 15 is 4.39 Å². The standard InChI is InChI=1S/C34H36FNO6/c1-22-18-34(21-41-20-29(37)36-34)28(31(22)33(40)42-19-23-9-3-2-4-10-23)17-25-13-7-15-27(32(25)35)26-14-6-5-11-24(26)12-8-16-30(38)39/h2-7,9-11,13-15,22,28,31H,8,12,16-21H2,1H3,(H,36,37)(H,38,39)/t22-,28?,31?,34?/m1/s1. The number of aryl methyl sites for hydroxylation is 1. The number of esters is 1. The summed E-state index contributed by atoms with van der Waals surface area (Å²) in [4.78, 5) is 37.2.